The van der Waals surface area contributed by atoms with Crippen molar-refractivity contribution >= 4 is 45.3 Å². The molecule has 1 aliphatic rings. The van der Waals surface area contributed by atoms with E-state index in [1.165, 1.54) is 0 Å². The second-order valence-electron chi connectivity index (χ2n) is 7.96. The summed E-state index contributed by atoms with van der Waals surface area (Å²) in [5.41, 5.74) is 0. The van der Waals surface area contributed by atoms with Crippen LogP contribution in [0.25, 0.3) is 0 Å². The lowest BCUT2D eigenvalue weighted by atomic mass is 10.3. The summed E-state index contributed by atoms with van der Waals surface area (Å²) in [5.74, 6) is -1.73. The second-order valence-corrected chi connectivity index (χ2v) is 10.6. The first-order valence-electron chi connectivity index (χ1n) is 12.3. The van der Waals surface area contributed by atoms with E-state index in [0.29, 0.717) is 57.7 Å². The van der Waals surface area contributed by atoms with Gasteiger partial charge < -0.3 is 29.1 Å². The summed E-state index contributed by atoms with van der Waals surface area (Å²) in [6, 6.07) is 5.74. The average Bonchev–Trinajstić information content (AvgIpc) is 3.22. The number of hydrogen-bond acceptors (Lipinski definition) is 12. The summed E-state index contributed by atoms with van der Waals surface area (Å²) in [7, 11) is 3.18. The van der Waals surface area contributed by atoms with Gasteiger partial charge in [0.1, 0.15) is 5.03 Å². The van der Waals surface area contributed by atoms with Crippen LogP contribution in [-0.4, -0.2) is 98.4 Å². The van der Waals surface area contributed by atoms with Gasteiger partial charge in [-0.3, -0.25) is 14.4 Å². The van der Waals surface area contributed by atoms with E-state index in [1.807, 2.05) is 25.1 Å². The van der Waals surface area contributed by atoms with Crippen molar-refractivity contribution in [2.45, 2.75) is 42.9 Å². The molecule has 2 rings (SSSR count). The summed E-state index contributed by atoms with van der Waals surface area (Å²) in [4.78, 5) is 55.3. The van der Waals surface area contributed by atoms with Crippen molar-refractivity contribution in [1.82, 2.24) is 15.4 Å². The number of carbonyl (C=O) groups excluding carboxylic acids is 4. The Hall–Kier alpha value is -2.23. The summed E-state index contributed by atoms with van der Waals surface area (Å²) in [6.45, 7) is 5.18. The molecule has 0 radical (unpaired) electrons. The van der Waals surface area contributed by atoms with E-state index in [-0.39, 0.29) is 43.6 Å². The minimum Gasteiger partial charge on any atom is -0.378 e. The van der Waals surface area contributed by atoms with Crippen LogP contribution < -0.4 is 5.32 Å². The van der Waals surface area contributed by atoms with E-state index in [4.69, 9.17) is 23.8 Å². The number of aromatic nitrogens is 1. The van der Waals surface area contributed by atoms with Gasteiger partial charge in [0.05, 0.1) is 59.3 Å². The van der Waals surface area contributed by atoms with Gasteiger partial charge >= 0.3 is 5.97 Å². The molecule has 1 atom stereocenters. The fraction of sp³-hybridized carbons (Fsp3) is 0.625. The van der Waals surface area contributed by atoms with Gasteiger partial charge in [-0.15, -0.1) is 5.06 Å². The largest absolute Gasteiger partial charge is 0.378 e. The summed E-state index contributed by atoms with van der Waals surface area (Å²) in [5, 5.41) is 4.45. The van der Waals surface area contributed by atoms with Crippen LogP contribution in [0.3, 0.4) is 0 Å². The molecule has 38 heavy (non-hydrogen) atoms. The van der Waals surface area contributed by atoms with E-state index in [0.717, 1.165) is 5.03 Å². The minimum absolute atomic E-state index is 0.0115. The molecular formula is C24H35N3O9S2. The molecule has 1 unspecified atom stereocenters. The van der Waals surface area contributed by atoms with Crippen LogP contribution in [0.2, 0.25) is 0 Å². The molecule has 0 spiro atoms. The number of amides is 3. The van der Waals surface area contributed by atoms with Crippen molar-refractivity contribution in [3.63, 3.8) is 0 Å². The number of hydrogen-bond donors (Lipinski definition) is 1. The Morgan fingerprint density at radius 2 is 1.55 bits per heavy atom. The Labute approximate surface area is 230 Å². The Morgan fingerprint density at radius 1 is 0.947 bits per heavy atom. The topological polar surface area (TPSA) is 143 Å². The van der Waals surface area contributed by atoms with Crippen LogP contribution in [0, 0.1) is 0 Å². The number of nitrogens with one attached hydrogen (secondary N) is 1. The molecule has 0 aromatic carbocycles. The first kappa shape index (κ1) is 32.0. The van der Waals surface area contributed by atoms with Crippen molar-refractivity contribution in [3.8, 4) is 0 Å². The van der Waals surface area contributed by atoms with Crippen molar-refractivity contribution < 1.29 is 43.0 Å². The third kappa shape index (κ3) is 14.6. The lowest BCUT2D eigenvalue weighted by Gasteiger charge is -2.12. The van der Waals surface area contributed by atoms with Crippen LogP contribution in [0.15, 0.2) is 29.4 Å². The zero-order valence-electron chi connectivity index (χ0n) is 21.5. The molecule has 0 bridgehead atoms. The van der Waals surface area contributed by atoms with Crippen LogP contribution in [-0.2, 0) is 43.0 Å². The quantitative estimate of drug-likeness (QED) is 0.130. The highest BCUT2D eigenvalue weighted by molar-refractivity contribution is 8.76. The molecule has 212 valence electrons. The predicted octanol–water partition coefficient (Wildman–Crippen LogP) is 1.78. The average molecular weight is 574 g/mol. The second kappa shape index (κ2) is 19.8. The van der Waals surface area contributed by atoms with Crippen molar-refractivity contribution in [1.29, 1.82) is 0 Å². The number of carbonyl (C=O) groups is 4. The fourth-order valence-corrected chi connectivity index (χ4v) is 4.89. The van der Waals surface area contributed by atoms with E-state index < -0.39 is 17.8 Å². The lowest BCUT2D eigenvalue weighted by molar-refractivity contribution is -0.198. The number of imide groups is 1. The normalized spacial score (nSPS) is 14.1. The number of hydroxylamine groups is 2. The fourth-order valence-electron chi connectivity index (χ4n) is 2.88. The van der Waals surface area contributed by atoms with Crippen LogP contribution in [0.1, 0.15) is 32.6 Å². The summed E-state index contributed by atoms with van der Waals surface area (Å²) >= 11 is 0. The number of ether oxygens (including phenoxy) is 4. The number of rotatable bonds is 21. The monoisotopic (exact) mass is 573 g/mol. The van der Waals surface area contributed by atoms with Gasteiger partial charge in [-0.25, -0.2) is 9.78 Å². The molecule has 1 fully saturated rings. The maximum absolute atomic E-state index is 12.0. The Kier molecular flexibility index (Phi) is 16.7. The number of nitrogens with zero attached hydrogens (tertiary/aromatic N) is 2. The molecule has 12 nitrogen and oxygen atoms in total. The molecule has 1 aromatic rings. The van der Waals surface area contributed by atoms with Crippen molar-refractivity contribution in [3.05, 3.63) is 24.4 Å². The summed E-state index contributed by atoms with van der Waals surface area (Å²) in [6.07, 6.45) is 2.22. The molecule has 14 heteroatoms. The third-order valence-electron chi connectivity index (χ3n) is 4.74. The van der Waals surface area contributed by atoms with Gasteiger partial charge in [0.2, 0.25) is 5.91 Å². The maximum Gasteiger partial charge on any atom is 0.335 e. The van der Waals surface area contributed by atoms with E-state index in [2.05, 4.69) is 10.3 Å². The zero-order valence-corrected chi connectivity index (χ0v) is 23.1. The van der Waals surface area contributed by atoms with Gasteiger partial charge in [0.25, 0.3) is 11.8 Å². The van der Waals surface area contributed by atoms with Crippen molar-refractivity contribution in [2.24, 2.45) is 0 Å². The third-order valence-corrected chi connectivity index (χ3v) is 7.53. The van der Waals surface area contributed by atoms with Crippen molar-refractivity contribution in [2.75, 3.05) is 59.4 Å². The van der Waals surface area contributed by atoms with Gasteiger partial charge in [-0.2, -0.15) is 0 Å². The molecule has 1 aromatic heterocycles. The standard InChI is InChI=1S/C24H35N3O9S2/c1-19(37-38-21-4-2-3-8-26-21)18-20(28)25-9-11-33-13-15-35-17-16-34-14-12-32-10-7-24(31)36-27-22(29)5-6-23(27)30/h2-4,8,19H,5-7,9-18H2,1H3,(H,25,28). The minimum atomic E-state index is -0.701. The van der Waals surface area contributed by atoms with Crippen LogP contribution in [0.5, 0.6) is 0 Å². The van der Waals surface area contributed by atoms with Gasteiger partial charge in [0.15, 0.2) is 0 Å². The first-order chi connectivity index (χ1) is 18.5. The Bertz CT molecular complexity index is 848. The molecule has 1 aliphatic heterocycles. The van der Waals surface area contributed by atoms with E-state index in [1.54, 1.807) is 27.8 Å². The number of pyridine rings is 1. The Balaban J connectivity index is 1.29. The molecule has 3 amide bonds. The smallest absolute Gasteiger partial charge is 0.335 e. The highest BCUT2D eigenvalue weighted by Gasteiger charge is 2.32. The predicted molar refractivity (Wildman–Crippen MR) is 140 cm³/mol. The Morgan fingerprint density at radius 3 is 2.16 bits per heavy atom. The zero-order chi connectivity index (χ0) is 27.4. The lowest BCUT2D eigenvalue weighted by Crippen LogP contribution is -2.32. The van der Waals surface area contributed by atoms with Gasteiger partial charge in [0, 0.05) is 37.3 Å². The molecule has 1 saturated heterocycles. The molecule has 0 saturated carbocycles. The molecule has 0 aliphatic carbocycles. The maximum atomic E-state index is 12.0. The highest BCUT2D eigenvalue weighted by Crippen LogP contribution is 2.33. The summed E-state index contributed by atoms with van der Waals surface area (Å²) < 4.78 is 21.5. The van der Waals surface area contributed by atoms with Gasteiger partial charge in [-0.05, 0) is 22.9 Å². The highest BCUT2D eigenvalue weighted by atomic mass is 33.1. The molecular weight excluding hydrogens is 538 g/mol. The first-order valence-corrected chi connectivity index (χ1v) is 14.6. The van der Waals surface area contributed by atoms with Crippen LogP contribution >= 0.6 is 21.6 Å². The molecule has 1 N–H and O–H groups in total. The van der Waals surface area contributed by atoms with Crippen LogP contribution in [0.4, 0.5) is 0 Å². The molecule has 2 heterocycles. The van der Waals surface area contributed by atoms with E-state index in [9.17, 15) is 19.2 Å². The SMILES string of the molecule is CC(CC(=O)NCCOCCOCCOCCOCCC(=O)ON1C(=O)CCC1=O)SSc1ccccn1. The van der Waals surface area contributed by atoms with Gasteiger partial charge in [-0.1, -0.05) is 23.8 Å². The van der Waals surface area contributed by atoms with E-state index >= 15 is 0 Å².